The van der Waals surface area contributed by atoms with Crippen molar-refractivity contribution in [3.05, 3.63) is 40.1 Å². The number of rotatable bonds is 3. The van der Waals surface area contributed by atoms with Crippen LogP contribution >= 0.6 is 27.3 Å². The molecule has 0 unspecified atom stereocenters. The molecule has 14 heavy (non-hydrogen) atoms. The molecule has 1 N–H and O–H groups in total. The van der Waals surface area contributed by atoms with Crippen LogP contribution in [0.3, 0.4) is 0 Å². The topological polar surface area (TPSA) is 37.8 Å². The predicted octanol–water partition coefficient (Wildman–Crippen LogP) is 2.91. The van der Waals surface area contributed by atoms with Gasteiger partial charge >= 0.3 is 0 Å². The van der Waals surface area contributed by atoms with Gasteiger partial charge in [-0.15, -0.1) is 11.3 Å². The fraction of sp³-hybridized carbons (Fsp3) is 0.111. The standard InChI is InChI=1S/C9H8BrN3S/c10-8-6-14-9(13-8)12-5-7-2-1-3-11-4-7/h1-4,6H,5H2,(H,12,13). The Hall–Kier alpha value is -0.940. The first kappa shape index (κ1) is 9.61. The molecule has 0 spiro atoms. The maximum Gasteiger partial charge on any atom is 0.184 e. The molecule has 0 aliphatic rings. The second-order valence-electron chi connectivity index (χ2n) is 2.69. The van der Waals surface area contributed by atoms with Crippen LogP contribution in [0.2, 0.25) is 0 Å². The number of hydrogen-bond acceptors (Lipinski definition) is 4. The van der Waals surface area contributed by atoms with Gasteiger partial charge in [-0.25, -0.2) is 4.98 Å². The molecule has 0 saturated heterocycles. The van der Waals surface area contributed by atoms with E-state index in [1.54, 1.807) is 17.5 Å². The van der Waals surface area contributed by atoms with Gasteiger partial charge in [0.05, 0.1) is 0 Å². The van der Waals surface area contributed by atoms with Gasteiger partial charge < -0.3 is 5.32 Å². The third-order valence-corrected chi connectivity index (χ3v) is 3.15. The number of nitrogens with one attached hydrogen (secondary N) is 1. The van der Waals surface area contributed by atoms with Crippen LogP contribution in [0.4, 0.5) is 5.13 Å². The number of hydrogen-bond donors (Lipinski definition) is 1. The van der Waals surface area contributed by atoms with E-state index in [0.717, 1.165) is 21.8 Å². The van der Waals surface area contributed by atoms with Crippen molar-refractivity contribution in [3.63, 3.8) is 0 Å². The summed E-state index contributed by atoms with van der Waals surface area (Å²) in [6.45, 7) is 0.758. The lowest BCUT2D eigenvalue weighted by Crippen LogP contribution is -1.98. The van der Waals surface area contributed by atoms with Crippen LogP contribution in [0.15, 0.2) is 34.5 Å². The zero-order valence-electron chi connectivity index (χ0n) is 7.27. The molecule has 0 aromatic carbocycles. The van der Waals surface area contributed by atoms with Crippen molar-refractivity contribution in [1.82, 2.24) is 9.97 Å². The highest BCUT2D eigenvalue weighted by Gasteiger charge is 1.98. The van der Waals surface area contributed by atoms with E-state index < -0.39 is 0 Å². The Labute approximate surface area is 94.4 Å². The molecule has 0 bridgehead atoms. The van der Waals surface area contributed by atoms with Crippen molar-refractivity contribution < 1.29 is 0 Å². The summed E-state index contributed by atoms with van der Waals surface area (Å²) in [4.78, 5) is 8.27. The van der Waals surface area contributed by atoms with Gasteiger partial charge in [0.25, 0.3) is 0 Å². The second-order valence-corrected chi connectivity index (χ2v) is 4.36. The Bertz CT molecular complexity index is 401. The first-order chi connectivity index (χ1) is 6.84. The Balaban J connectivity index is 1.95. The molecule has 2 heterocycles. The highest BCUT2D eigenvalue weighted by molar-refractivity contribution is 9.10. The number of pyridine rings is 1. The molecule has 72 valence electrons. The Morgan fingerprint density at radius 3 is 3.07 bits per heavy atom. The first-order valence-corrected chi connectivity index (χ1v) is 5.75. The molecule has 0 aliphatic carbocycles. The number of halogens is 1. The minimum Gasteiger partial charge on any atom is -0.357 e. The van der Waals surface area contributed by atoms with Crippen LogP contribution in [0.25, 0.3) is 0 Å². The van der Waals surface area contributed by atoms with Gasteiger partial charge in [0.15, 0.2) is 5.13 Å². The normalized spacial score (nSPS) is 10.1. The summed E-state index contributed by atoms with van der Waals surface area (Å²) in [7, 11) is 0. The first-order valence-electron chi connectivity index (χ1n) is 4.08. The lowest BCUT2D eigenvalue weighted by atomic mass is 10.3. The average molecular weight is 270 g/mol. The maximum atomic E-state index is 4.23. The highest BCUT2D eigenvalue weighted by Crippen LogP contribution is 2.19. The second kappa shape index (κ2) is 4.52. The van der Waals surface area contributed by atoms with E-state index in [-0.39, 0.29) is 0 Å². The smallest absolute Gasteiger partial charge is 0.184 e. The number of nitrogens with zero attached hydrogens (tertiary/aromatic N) is 2. The molecule has 0 aliphatic heterocycles. The SMILES string of the molecule is Brc1csc(NCc2cccnc2)n1. The van der Waals surface area contributed by atoms with E-state index in [1.807, 2.05) is 23.7 Å². The van der Waals surface area contributed by atoms with E-state index in [9.17, 15) is 0 Å². The lowest BCUT2D eigenvalue weighted by Gasteiger charge is -2.00. The van der Waals surface area contributed by atoms with Crippen LogP contribution < -0.4 is 5.32 Å². The zero-order chi connectivity index (χ0) is 9.80. The number of thiazole rings is 1. The van der Waals surface area contributed by atoms with Gasteiger partial charge in [0.2, 0.25) is 0 Å². The molecule has 3 nitrogen and oxygen atoms in total. The summed E-state index contributed by atoms with van der Waals surface area (Å²) < 4.78 is 0.871. The summed E-state index contributed by atoms with van der Waals surface area (Å²) in [6, 6.07) is 3.96. The molecule has 5 heteroatoms. The van der Waals surface area contributed by atoms with Crippen LogP contribution in [0.1, 0.15) is 5.56 Å². The van der Waals surface area contributed by atoms with Crippen molar-refractivity contribution in [3.8, 4) is 0 Å². The van der Waals surface area contributed by atoms with Gasteiger partial charge in [0.1, 0.15) is 4.60 Å². The fourth-order valence-electron chi connectivity index (χ4n) is 1.02. The zero-order valence-corrected chi connectivity index (χ0v) is 9.68. The quantitative estimate of drug-likeness (QED) is 0.931. The molecule has 2 aromatic heterocycles. The van der Waals surface area contributed by atoms with E-state index in [2.05, 4.69) is 31.2 Å². The number of aromatic nitrogens is 2. The number of anilines is 1. The van der Waals surface area contributed by atoms with Gasteiger partial charge in [0, 0.05) is 24.3 Å². The van der Waals surface area contributed by atoms with Crippen LogP contribution in [-0.4, -0.2) is 9.97 Å². The van der Waals surface area contributed by atoms with Crippen LogP contribution in [0.5, 0.6) is 0 Å². The van der Waals surface area contributed by atoms with Crippen molar-refractivity contribution >= 4 is 32.4 Å². The molecule has 0 atom stereocenters. The third kappa shape index (κ3) is 2.52. The molecule has 2 aromatic rings. The van der Waals surface area contributed by atoms with E-state index in [1.165, 1.54) is 0 Å². The molecular weight excluding hydrogens is 262 g/mol. The average Bonchev–Trinajstić information content (AvgIpc) is 2.63. The highest BCUT2D eigenvalue weighted by atomic mass is 79.9. The van der Waals surface area contributed by atoms with Crippen molar-refractivity contribution in [2.24, 2.45) is 0 Å². The fourth-order valence-corrected chi connectivity index (χ4v) is 2.16. The van der Waals surface area contributed by atoms with E-state index >= 15 is 0 Å². The summed E-state index contributed by atoms with van der Waals surface area (Å²) in [6.07, 6.45) is 3.61. The van der Waals surface area contributed by atoms with Gasteiger partial charge in [-0.3, -0.25) is 4.98 Å². The summed E-state index contributed by atoms with van der Waals surface area (Å²) in [5.41, 5.74) is 1.15. The van der Waals surface area contributed by atoms with Gasteiger partial charge in [-0.2, -0.15) is 0 Å². The molecule has 0 amide bonds. The minimum absolute atomic E-state index is 0.758. The van der Waals surface area contributed by atoms with Crippen LogP contribution in [0, 0.1) is 0 Å². The van der Waals surface area contributed by atoms with Crippen molar-refractivity contribution in [2.75, 3.05) is 5.32 Å². The molecule has 0 fully saturated rings. The van der Waals surface area contributed by atoms with E-state index in [4.69, 9.17) is 0 Å². The summed E-state index contributed by atoms with van der Waals surface area (Å²) >= 11 is 4.88. The van der Waals surface area contributed by atoms with Gasteiger partial charge in [-0.05, 0) is 27.6 Å². The molecule has 0 radical (unpaired) electrons. The molecule has 2 rings (SSSR count). The van der Waals surface area contributed by atoms with Crippen molar-refractivity contribution in [2.45, 2.75) is 6.54 Å². The maximum absolute atomic E-state index is 4.23. The van der Waals surface area contributed by atoms with Gasteiger partial charge in [-0.1, -0.05) is 6.07 Å². The predicted molar refractivity (Wildman–Crippen MR) is 61.4 cm³/mol. The lowest BCUT2D eigenvalue weighted by molar-refractivity contribution is 1.10. The third-order valence-electron chi connectivity index (χ3n) is 1.64. The van der Waals surface area contributed by atoms with Crippen LogP contribution in [-0.2, 0) is 6.54 Å². The Kier molecular flexibility index (Phi) is 3.10. The Morgan fingerprint density at radius 1 is 1.50 bits per heavy atom. The minimum atomic E-state index is 0.758. The largest absolute Gasteiger partial charge is 0.357 e. The summed E-state index contributed by atoms with van der Waals surface area (Å²) in [5, 5.41) is 6.09. The molecular formula is C9H8BrN3S. The summed E-state index contributed by atoms with van der Waals surface area (Å²) in [5.74, 6) is 0. The Morgan fingerprint density at radius 2 is 2.43 bits per heavy atom. The van der Waals surface area contributed by atoms with E-state index in [0.29, 0.717) is 0 Å². The van der Waals surface area contributed by atoms with Crippen molar-refractivity contribution in [1.29, 1.82) is 0 Å². The molecule has 0 saturated carbocycles. The monoisotopic (exact) mass is 269 g/mol.